The fourth-order valence-corrected chi connectivity index (χ4v) is 3.08. The van der Waals surface area contributed by atoms with Gasteiger partial charge in [0.1, 0.15) is 0 Å². The molecule has 146 valence electrons. The number of hydrogen-bond acceptors (Lipinski definition) is 7. The van der Waals surface area contributed by atoms with Gasteiger partial charge in [-0.05, 0) is 41.0 Å². The second-order valence-corrected chi connectivity index (χ2v) is 6.84. The minimum absolute atomic E-state index is 0.171. The van der Waals surface area contributed by atoms with E-state index < -0.39 is 11.8 Å². The maximum absolute atomic E-state index is 11.8. The Morgan fingerprint density at radius 3 is 2.70 bits per heavy atom. The number of nitrogens with zero attached hydrogens (tertiary/aromatic N) is 2. The van der Waals surface area contributed by atoms with Gasteiger partial charge in [0.05, 0.1) is 19.4 Å². The van der Waals surface area contributed by atoms with E-state index in [4.69, 9.17) is 14.2 Å². The number of fused-ring (bicyclic) bond motifs is 1. The van der Waals surface area contributed by atoms with Crippen LogP contribution >= 0.6 is 15.9 Å². The first-order valence-corrected chi connectivity index (χ1v) is 9.43. The average Bonchev–Trinajstić information content (AvgIpc) is 3.13. The number of hydrazone groups is 1. The minimum Gasteiger partial charge on any atom is -0.454 e. The molecule has 2 aliphatic heterocycles. The van der Waals surface area contributed by atoms with Crippen molar-refractivity contribution in [1.29, 1.82) is 0 Å². The Labute approximate surface area is 165 Å². The van der Waals surface area contributed by atoms with E-state index in [0.29, 0.717) is 23.6 Å². The van der Waals surface area contributed by atoms with Crippen molar-refractivity contribution < 1.29 is 23.8 Å². The van der Waals surface area contributed by atoms with Crippen molar-refractivity contribution in [1.82, 2.24) is 15.6 Å². The van der Waals surface area contributed by atoms with Gasteiger partial charge in [-0.3, -0.25) is 14.5 Å². The fourth-order valence-electron chi connectivity index (χ4n) is 2.65. The molecule has 1 aromatic carbocycles. The summed E-state index contributed by atoms with van der Waals surface area (Å²) < 4.78 is 16.6. The number of amides is 2. The summed E-state index contributed by atoms with van der Waals surface area (Å²) in [6, 6.07) is 3.49. The Balaban J connectivity index is 1.38. The molecule has 9 nitrogen and oxygen atoms in total. The Morgan fingerprint density at radius 2 is 1.93 bits per heavy atom. The molecule has 2 N–H and O–H groups in total. The zero-order valence-corrected chi connectivity index (χ0v) is 16.3. The molecule has 0 aromatic heterocycles. The first-order valence-electron chi connectivity index (χ1n) is 8.64. The Hall–Kier alpha value is -2.17. The largest absolute Gasteiger partial charge is 0.454 e. The van der Waals surface area contributed by atoms with E-state index in [-0.39, 0.29) is 6.79 Å². The number of rotatable bonds is 6. The van der Waals surface area contributed by atoms with Crippen LogP contribution in [-0.2, 0) is 14.3 Å². The first-order chi connectivity index (χ1) is 13.1. The van der Waals surface area contributed by atoms with Gasteiger partial charge in [0.2, 0.25) is 6.79 Å². The van der Waals surface area contributed by atoms with Crippen molar-refractivity contribution >= 4 is 34.0 Å². The Bertz CT molecular complexity index is 722. The summed E-state index contributed by atoms with van der Waals surface area (Å²) >= 11 is 3.39. The number of ether oxygens (including phenoxy) is 3. The second kappa shape index (κ2) is 9.67. The zero-order chi connectivity index (χ0) is 19.1. The number of hydrogen-bond donors (Lipinski definition) is 2. The molecule has 2 aliphatic rings. The monoisotopic (exact) mass is 440 g/mol. The van der Waals surface area contributed by atoms with Crippen LogP contribution in [0, 0.1) is 0 Å². The smallest absolute Gasteiger partial charge is 0.329 e. The predicted octanol–water partition coefficient (Wildman–Crippen LogP) is 0.466. The molecule has 0 saturated carbocycles. The van der Waals surface area contributed by atoms with Gasteiger partial charge in [0.25, 0.3) is 0 Å². The highest BCUT2D eigenvalue weighted by molar-refractivity contribution is 9.10. The molecule has 1 saturated heterocycles. The van der Waals surface area contributed by atoms with Crippen molar-refractivity contribution in [3.05, 3.63) is 22.2 Å². The van der Waals surface area contributed by atoms with Crippen LogP contribution in [0.5, 0.6) is 11.5 Å². The van der Waals surface area contributed by atoms with Crippen LogP contribution in [0.2, 0.25) is 0 Å². The van der Waals surface area contributed by atoms with E-state index in [1.165, 1.54) is 6.21 Å². The SMILES string of the molecule is O=C(NCCCN1CCOCC1)C(=O)NN=Cc1cc2c(cc1Br)OCO2. The van der Waals surface area contributed by atoms with Crippen molar-refractivity contribution in [2.24, 2.45) is 5.10 Å². The molecule has 2 amide bonds. The summed E-state index contributed by atoms with van der Waals surface area (Å²) in [5.41, 5.74) is 2.90. The lowest BCUT2D eigenvalue weighted by atomic mass is 10.2. The summed E-state index contributed by atoms with van der Waals surface area (Å²) in [6.45, 7) is 4.75. The molecule has 0 bridgehead atoms. The summed E-state index contributed by atoms with van der Waals surface area (Å²) in [6.07, 6.45) is 2.20. The van der Waals surface area contributed by atoms with Crippen LogP contribution in [0.3, 0.4) is 0 Å². The lowest BCUT2D eigenvalue weighted by molar-refractivity contribution is -0.139. The molecule has 0 aliphatic carbocycles. The maximum Gasteiger partial charge on any atom is 0.329 e. The molecule has 2 heterocycles. The summed E-state index contributed by atoms with van der Waals surface area (Å²) in [4.78, 5) is 25.8. The topological polar surface area (TPSA) is 101 Å². The van der Waals surface area contributed by atoms with E-state index in [1.54, 1.807) is 12.1 Å². The standard InChI is InChI=1S/C17H21BrN4O5/c18-13-9-15-14(26-11-27-15)8-12(13)10-20-21-17(24)16(23)19-2-1-3-22-4-6-25-7-5-22/h8-10H,1-7,11H2,(H,19,23)(H,21,24). The quantitative estimate of drug-likeness (QED) is 0.288. The number of carbonyl (C=O) groups excluding carboxylic acids is 2. The van der Waals surface area contributed by atoms with Gasteiger partial charge in [-0.2, -0.15) is 5.10 Å². The molecule has 1 aromatic rings. The van der Waals surface area contributed by atoms with Gasteiger partial charge in [0, 0.05) is 29.7 Å². The number of carbonyl (C=O) groups is 2. The van der Waals surface area contributed by atoms with Crippen LogP contribution in [0.25, 0.3) is 0 Å². The third-order valence-corrected chi connectivity index (χ3v) is 4.79. The van der Waals surface area contributed by atoms with E-state index in [1.807, 2.05) is 0 Å². The van der Waals surface area contributed by atoms with Gasteiger partial charge in [-0.1, -0.05) is 0 Å². The molecule has 0 radical (unpaired) electrons. The number of nitrogens with one attached hydrogen (secondary N) is 2. The second-order valence-electron chi connectivity index (χ2n) is 5.99. The minimum atomic E-state index is -0.811. The van der Waals surface area contributed by atoms with Gasteiger partial charge in [-0.25, -0.2) is 5.43 Å². The number of benzene rings is 1. The van der Waals surface area contributed by atoms with Gasteiger partial charge in [0.15, 0.2) is 11.5 Å². The lowest BCUT2D eigenvalue weighted by Crippen LogP contribution is -2.40. The molecular formula is C17H21BrN4O5. The maximum atomic E-state index is 11.8. The Morgan fingerprint density at radius 1 is 1.19 bits per heavy atom. The highest BCUT2D eigenvalue weighted by atomic mass is 79.9. The van der Waals surface area contributed by atoms with Gasteiger partial charge in [-0.15, -0.1) is 0 Å². The summed E-state index contributed by atoms with van der Waals surface area (Å²) in [7, 11) is 0. The normalized spacial score (nSPS) is 16.5. The van der Waals surface area contributed by atoms with E-state index >= 15 is 0 Å². The number of morpholine rings is 1. The van der Waals surface area contributed by atoms with Crippen molar-refractivity contribution in [3.8, 4) is 11.5 Å². The van der Waals surface area contributed by atoms with E-state index in [9.17, 15) is 9.59 Å². The Kier molecular flexibility index (Phi) is 7.02. The highest BCUT2D eigenvalue weighted by Crippen LogP contribution is 2.36. The molecule has 0 spiro atoms. The van der Waals surface area contributed by atoms with Crippen LogP contribution in [0.15, 0.2) is 21.7 Å². The predicted molar refractivity (Wildman–Crippen MR) is 101 cm³/mol. The van der Waals surface area contributed by atoms with Crippen LogP contribution in [-0.4, -0.2) is 69.1 Å². The third kappa shape index (κ3) is 5.65. The van der Waals surface area contributed by atoms with E-state index in [2.05, 4.69) is 36.7 Å². The van der Waals surface area contributed by atoms with Crippen molar-refractivity contribution in [3.63, 3.8) is 0 Å². The molecular weight excluding hydrogens is 420 g/mol. The number of halogens is 1. The summed E-state index contributed by atoms with van der Waals surface area (Å²) in [5.74, 6) is -0.281. The zero-order valence-electron chi connectivity index (χ0n) is 14.7. The van der Waals surface area contributed by atoms with Crippen molar-refractivity contribution in [2.45, 2.75) is 6.42 Å². The third-order valence-electron chi connectivity index (χ3n) is 4.11. The van der Waals surface area contributed by atoms with Crippen LogP contribution < -0.4 is 20.2 Å². The van der Waals surface area contributed by atoms with Crippen LogP contribution in [0.1, 0.15) is 12.0 Å². The van der Waals surface area contributed by atoms with Gasteiger partial charge >= 0.3 is 11.8 Å². The lowest BCUT2D eigenvalue weighted by Gasteiger charge is -2.26. The molecule has 0 atom stereocenters. The molecule has 1 fully saturated rings. The van der Waals surface area contributed by atoms with Gasteiger partial charge < -0.3 is 19.5 Å². The first kappa shape index (κ1) is 19.6. The molecule has 27 heavy (non-hydrogen) atoms. The molecule has 10 heteroatoms. The molecule has 3 rings (SSSR count). The summed E-state index contributed by atoms with van der Waals surface area (Å²) in [5, 5.41) is 6.40. The average molecular weight is 441 g/mol. The van der Waals surface area contributed by atoms with E-state index in [0.717, 1.165) is 43.7 Å². The highest BCUT2D eigenvalue weighted by Gasteiger charge is 2.16. The van der Waals surface area contributed by atoms with Crippen molar-refractivity contribution in [2.75, 3.05) is 46.2 Å². The van der Waals surface area contributed by atoms with Crippen LogP contribution in [0.4, 0.5) is 0 Å². The fraction of sp³-hybridized carbons (Fsp3) is 0.471. The molecule has 0 unspecified atom stereocenters.